The minimum atomic E-state index is -4.12. The van der Waals surface area contributed by atoms with Crippen LogP contribution in [0.15, 0.2) is 77.7 Å². The molecule has 6 nitrogen and oxygen atoms in total. The van der Waals surface area contributed by atoms with Crippen LogP contribution in [0.1, 0.15) is 11.1 Å². The second-order valence-corrected chi connectivity index (χ2v) is 8.50. The minimum Gasteiger partial charge on any atom is -0.446 e. The molecule has 1 heterocycles. The van der Waals surface area contributed by atoms with Crippen molar-refractivity contribution in [2.24, 2.45) is 0 Å². The predicted octanol–water partition coefficient (Wildman–Crippen LogP) is 3.53. The number of carbonyl (C=O) groups excluding carboxylic acids is 1. The van der Waals surface area contributed by atoms with E-state index in [4.69, 9.17) is 21.1 Å². The van der Waals surface area contributed by atoms with Crippen molar-refractivity contribution in [1.82, 2.24) is 4.72 Å². The van der Waals surface area contributed by atoms with Gasteiger partial charge >= 0.3 is 12.2 Å². The van der Waals surface area contributed by atoms with Crippen molar-refractivity contribution >= 4 is 27.5 Å². The van der Waals surface area contributed by atoms with Crippen molar-refractivity contribution in [3.63, 3.8) is 0 Å². The lowest BCUT2D eigenvalue weighted by molar-refractivity contribution is -0.138. The second kappa shape index (κ2) is 7.77. The number of benzene rings is 3. The molecule has 0 saturated heterocycles. The molecule has 3 aromatic rings. The topological polar surface area (TPSA) is 81.7 Å². The Balaban J connectivity index is 1.65. The van der Waals surface area contributed by atoms with E-state index in [1.807, 2.05) is 29.0 Å². The van der Waals surface area contributed by atoms with E-state index in [1.54, 1.807) is 24.3 Å². The highest BCUT2D eigenvalue weighted by atomic mass is 35.5. The highest BCUT2D eigenvalue weighted by Gasteiger charge is 2.30. The van der Waals surface area contributed by atoms with Crippen LogP contribution in [-0.2, 0) is 21.2 Å². The van der Waals surface area contributed by atoms with Crippen molar-refractivity contribution in [2.75, 3.05) is 0 Å². The van der Waals surface area contributed by atoms with Gasteiger partial charge in [-0.1, -0.05) is 48.0 Å². The van der Waals surface area contributed by atoms with Gasteiger partial charge < -0.3 is 9.47 Å². The summed E-state index contributed by atoms with van der Waals surface area (Å²) in [5, 5.41) is 0.384. The fourth-order valence-corrected chi connectivity index (χ4v) is 4.05. The molecule has 148 valence electrons. The van der Waals surface area contributed by atoms with E-state index in [-0.39, 0.29) is 4.90 Å². The minimum absolute atomic E-state index is 0.0955. The second-order valence-electron chi connectivity index (χ2n) is 6.38. The number of rotatable bonds is 3. The molecule has 0 bridgehead atoms. The summed E-state index contributed by atoms with van der Waals surface area (Å²) in [4.78, 5) is 12.7. The fourth-order valence-electron chi connectivity index (χ4n) is 2.95. The summed E-state index contributed by atoms with van der Waals surface area (Å²) in [6.07, 6.45) is -0.927. The Morgan fingerprint density at radius 3 is 1.93 bits per heavy atom. The Labute approximate surface area is 173 Å². The van der Waals surface area contributed by atoms with E-state index in [1.165, 1.54) is 24.3 Å². The predicted molar refractivity (Wildman–Crippen MR) is 108 cm³/mol. The van der Waals surface area contributed by atoms with E-state index >= 15 is 0 Å². The first kappa shape index (κ1) is 19.3. The zero-order chi connectivity index (χ0) is 20.4. The largest absolute Gasteiger partial charge is 0.446 e. The maximum Gasteiger partial charge on any atom is 0.322 e. The van der Waals surface area contributed by atoms with E-state index < -0.39 is 22.2 Å². The monoisotopic (exact) mass is 429 g/mol. The third-order valence-corrected chi connectivity index (χ3v) is 5.98. The van der Waals surface area contributed by atoms with Crippen molar-refractivity contribution in [3.05, 3.63) is 88.9 Å². The Morgan fingerprint density at radius 1 is 0.862 bits per heavy atom. The molecule has 0 fully saturated rings. The summed E-state index contributed by atoms with van der Waals surface area (Å²) in [6.45, 7) is 0. The highest BCUT2D eigenvalue weighted by molar-refractivity contribution is 7.90. The lowest BCUT2D eigenvalue weighted by Crippen LogP contribution is -2.45. The lowest BCUT2D eigenvalue weighted by Gasteiger charge is -2.25. The molecule has 1 aliphatic rings. The van der Waals surface area contributed by atoms with Crippen molar-refractivity contribution in [3.8, 4) is 11.5 Å². The molecule has 1 aliphatic heterocycles. The molecule has 1 amide bonds. The summed E-state index contributed by atoms with van der Waals surface area (Å²) in [5.41, 5.74) is 1.73. The van der Waals surface area contributed by atoms with Gasteiger partial charge in [0.15, 0.2) is 0 Å². The molecule has 1 N–H and O–H groups in total. The van der Waals surface area contributed by atoms with Gasteiger partial charge in [0.25, 0.3) is 10.0 Å². The first-order valence-electron chi connectivity index (χ1n) is 8.74. The summed E-state index contributed by atoms with van der Waals surface area (Å²) < 4.78 is 38.6. The van der Waals surface area contributed by atoms with Gasteiger partial charge in [-0.3, -0.25) is 4.79 Å². The normalized spacial score (nSPS) is 13.7. The van der Waals surface area contributed by atoms with Gasteiger partial charge in [0, 0.05) is 11.4 Å². The van der Waals surface area contributed by atoms with Gasteiger partial charge in [-0.2, -0.15) is 0 Å². The van der Waals surface area contributed by atoms with Crippen molar-refractivity contribution in [1.29, 1.82) is 0 Å². The molecular weight excluding hydrogens is 414 g/mol. The van der Waals surface area contributed by atoms with E-state index in [9.17, 15) is 13.2 Å². The summed E-state index contributed by atoms with van der Waals surface area (Å²) in [7, 11) is -4.12. The van der Waals surface area contributed by atoms with Crippen LogP contribution in [0.25, 0.3) is 0 Å². The van der Waals surface area contributed by atoms with Gasteiger partial charge in [-0.15, -0.1) is 0 Å². The van der Waals surface area contributed by atoms with Crippen molar-refractivity contribution < 1.29 is 22.7 Å². The average Bonchev–Trinajstić information content (AvgIpc) is 2.68. The maximum atomic E-state index is 12.8. The van der Waals surface area contributed by atoms with Crippen LogP contribution in [-0.4, -0.2) is 20.6 Å². The molecule has 8 heteroatoms. The molecule has 0 unspecified atom stereocenters. The molecule has 29 heavy (non-hydrogen) atoms. The van der Waals surface area contributed by atoms with Crippen LogP contribution in [0.5, 0.6) is 11.5 Å². The number of hydrogen-bond donors (Lipinski definition) is 1. The molecule has 0 atom stereocenters. The van der Waals surface area contributed by atoms with E-state index in [2.05, 4.69) is 0 Å². The number of fused-ring (bicyclic) bond motifs is 2. The Hall–Kier alpha value is -3.03. The molecule has 3 aromatic carbocycles. The van der Waals surface area contributed by atoms with E-state index in [0.717, 1.165) is 11.1 Å². The number of nitrogens with one attached hydrogen (secondary N) is 1. The maximum absolute atomic E-state index is 12.8. The first-order valence-corrected chi connectivity index (χ1v) is 10.6. The standard InChI is InChI=1S/C21H16ClNO5S/c22-16-9-11-17(12-10-16)29(25,26)23-20(24)21-27-18-7-3-1-5-14(18)13-15-6-2-4-8-19(15)28-21/h1-12,21H,13H2,(H,23,24). The Kier molecular flexibility index (Phi) is 5.17. The fraction of sp³-hybridized carbons (Fsp3) is 0.0952. The summed E-state index contributed by atoms with van der Waals surface area (Å²) in [5.74, 6) is -0.0384. The van der Waals surface area contributed by atoms with Crippen LogP contribution in [0.2, 0.25) is 5.02 Å². The van der Waals surface area contributed by atoms with Gasteiger partial charge in [0.1, 0.15) is 11.5 Å². The number of amides is 1. The van der Waals surface area contributed by atoms with Crippen LogP contribution >= 0.6 is 11.6 Å². The number of halogens is 1. The molecule has 0 radical (unpaired) electrons. The number of para-hydroxylation sites is 2. The molecule has 0 aromatic heterocycles. The first-order chi connectivity index (χ1) is 13.9. The van der Waals surface area contributed by atoms with Crippen LogP contribution in [0, 0.1) is 0 Å². The highest BCUT2D eigenvalue weighted by Crippen LogP contribution is 2.31. The Bertz CT molecular complexity index is 1110. The van der Waals surface area contributed by atoms with E-state index in [0.29, 0.717) is 22.9 Å². The third kappa shape index (κ3) is 4.21. The summed E-state index contributed by atoms with van der Waals surface area (Å²) in [6, 6.07) is 19.9. The molecular formula is C21H16ClNO5S. The van der Waals surface area contributed by atoms with Gasteiger partial charge in [0.05, 0.1) is 4.90 Å². The number of carbonyl (C=O) groups is 1. The Morgan fingerprint density at radius 2 is 1.38 bits per heavy atom. The van der Waals surface area contributed by atoms with Crippen molar-refractivity contribution in [2.45, 2.75) is 17.6 Å². The third-order valence-electron chi connectivity index (χ3n) is 4.37. The number of ether oxygens (including phenoxy) is 2. The van der Waals surface area contributed by atoms with Crippen LogP contribution < -0.4 is 14.2 Å². The molecule has 0 spiro atoms. The lowest BCUT2D eigenvalue weighted by atomic mass is 10.0. The van der Waals surface area contributed by atoms with Crippen LogP contribution in [0.4, 0.5) is 0 Å². The van der Waals surface area contributed by atoms with Gasteiger partial charge in [0.2, 0.25) is 0 Å². The number of sulfonamides is 1. The number of hydrogen-bond acceptors (Lipinski definition) is 5. The molecule has 0 aliphatic carbocycles. The molecule has 0 saturated carbocycles. The quantitative estimate of drug-likeness (QED) is 0.688. The van der Waals surface area contributed by atoms with Gasteiger partial charge in [-0.25, -0.2) is 13.1 Å². The average molecular weight is 430 g/mol. The smallest absolute Gasteiger partial charge is 0.322 e. The van der Waals surface area contributed by atoms with Gasteiger partial charge in [-0.05, 0) is 47.5 Å². The zero-order valence-corrected chi connectivity index (χ0v) is 16.6. The zero-order valence-electron chi connectivity index (χ0n) is 15.0. The summed E-state index contributed by atoms with van der Waals surface area (Å²) >= 11 is 5.80. The van der Waals surface area contributed by atoms with Crippen LogP contribution in [0.3, 0.4) is 0 Å². The SMILES string of the molecule is O=C(NS(=O)(=O)c1ccc(Cl)cc1)C1Oc2ccccc2Cc2ccccc2O1. The molecule has 4 rings (SSSR count).